The Labute approximate surface area is 110 Å². The number of carbonyl (C=O) groups is 2. The van der Waals surface area contributed by atoms with E-state index in [-0.39, 0.29) is 17.4 Å². The summed E-state index contributed by atoms with van der Waals surface area (Å²) in [4.78, 5) is 29.8. The molecule has 1 atom stereocenters. The van der Waals surface area contributed by atoms with Gasteiger partial charge in [-0.15, -0.1) is 0 Å². The predicted octanol–water partition coefficient (Wildman–Crippen LogP) is -1.24. The summed E-state index contributed by atoms with van der Waals surface area (Å²) in [5.74, 6) is -3.15. The van der Waals surface area contributed by atoms with E-state index < -0.39 is 30.4 Å². The first-order valence-electron chi connectivity index (χ1n) is 4.86. The van der Waals surface area contributed by atoms with E-state index in [1.165, 1.54) is 0 Å². The topological polar surface area (TPSA) is 168 Å². The van der Waals surface area contributed by atoms with E-state index in [1.54, 1.807) is 0 Å². The summed E-state index contributed by atoms with van der Waals surface area (Å²) >= 11 is 0.762. The van der Waals surface area contributed by atoms with E-state index in [4.69, 9.17) is 21.1 Å². The second kappa shape index (κ2) is 6.61. The molecule has 0 aliphatic carbocycles. The highest BCUT2D eigenvalue weighted by atomic mass is 32.1. The van der Waals surface area contributed by atoms with Crippen molar-refractivity contribution in [2.45, 2.75) is 12.5 Å². The number of nitrogens with zero attached hydrogens (tertiary/aromatic N) is 3. The van der Waals surface area contributed by atoms with Gasteiger partial charge in [-0.1, -0.05) is 5.16 Å². The molecule has 0 radical (unpaired) electrons. The lowest BCUT2D eigenvalue weighted by atomic mass is 10.3. The summed E-state index contributed by atoms with van der Waals surface area (Å²) in [6.45, 7) is -0.448. The van der Waals surface area contributed by atoms with E-state index in [1.807, 2.05) is 0 Å². The Morgan fingerprint density at radius 1 is 1.47 bits per heavy atom. The van der Waals surface area contributed by atoms with Gasteiger partial charge < -0.3 is 25.9 Å². The third kappa shape index (κ3) is 4.15. The standard InChI is InChI=1S/C8H10N4O6S/c9-8-10-5(12-19-8)4(7(16)17)11-18-3(1-2-13)6(14)15/h3,13H,1-2H2,(H,14,15)(H,16,17)(H2,9,10,12). The minimum absolute atomic E-state index is 0.0362. The van der Waals surface area contributed by atoms with Crippen LogP contribution in [0.1, 0.15) is 12.2 Å². The van der Waals surface area contributed by atoms with Crippen molar-refractivity contribution in [2.75, 3.05) is 12.3 Å². The van der Waals surface area contributed by atoms with Gasteiger partial charge in [-0.3, -0.25) is 0 Å². The number of carboxylic acids is 2. The Morgan fingerprint density at radius 2 is 2.16 bits per heavy atom. The molecule has 0 saturated carbocycles. The molecule has 0 amide bonds. The van der Waals surface area contributed by atoms with Crippen molar-refractivity contribution in [3.8, 4) is 0 Å². The zero-order valence-corrected chi connectivity index (χ0v) is 10.2. The third-order valence-electron chi connectivity index (χ3n) is 1.79. The second-order valence-corrected chi connectivity index (χ2v) is 3.93. The van der Waals surface area contributed by atoms with Gasteiger partial charge in [0.25, 0.3) is 0 Å². The van der Waals surface area contributed by atoms with Gasteiger partial charge in [0.2, 0.25) is 17.6 Å². The molecule has 0 aliphatic rings. The lowest BCUT2D eigenvalue weighted by Crippen LogP contribution is -2.25. The van der Waals surface area contributed by atoms with Crippen LogP contribution in [0.15, 0.2) is 5.16 Å². The van der Waals surface area contributed by atoms with Gasteiger partial charge in [0, 0.05) is 24.6 Å². The Kier molecular flexibility index (Phi) is 5.14. The number of carboxylic acid groups (broad SMARTS) is 2. The summed E-state index contributed by atoms with van der Waals surface area (Å²) in [5.41, 5.74) is 4.63. The van der Waals surface area contributed by atoms with Crippen molar-refractivity contribution < 1.29 is 29.7 Å². The van der Waals surface area contributed by atoms with Crippen molar-refractivity contribution in [2.24, 2.45) is 5.16 Å². The van der Waals surface area contributed by atoms with Crippen LogP contribution in [-0.4, -0.2) is 55.0 Å². The summed E-state index contributed by atoms with van der Waals surface area (Å²) in [6, 6.07) is 0. The number of nitrogens with two attached hydrogens (primary N) is 1. The molecule has 0 saturated heterocycles. The van der Waals surface area contributed by atoms with Gasteiger partial charge in [0.1, 0.15) is 0 Å². The molecule has 5 N–H and O–H groups in total. The average Bonchev–Trinajstić information content (AvgIpc) is 2.74. The number of hydrogen-bond donors (Lipinski definition) is 4. The third-order valence-corrected chi connectivity index (χ3v) is 2.34. The van der Waals surface area contributed by atoms with E-state index in [9.17, 15) is 9.59 Å². The van der Waals surface area contributed by atoms with Gasteiger partial charge in [-0.05, 0) is 0 Å². The summed E-state index contributed by atoms with van der Waals surface area (Å²) in [7, 11) is 0. The second-order valence-electron chi connectivity index (χ2n) is 3.15. The van der Waals surface area contributed by atoms with Crippen LogP contribution in [0.5, 0.6) is 0 Å². The van der Waals surface area contributed by atoms with Gasteiger partial charge in [0.05, 0.1) is 0 Å². The fourth-order valence-electron chi connectivity index (χ4n) is 0.962. The highest BCUT2D eigenvalue weighted by Crippen LogP contribution is 2.08. The highest BCUT2D eigenvalue weighted by molar-refractivity contribution is 7.09. The predicted molar refractivity (Wildman–Crippen MR) is 62.7 cm³/mol. The van der Waals surface area contributed by atoms with E-state index in [0.29, 0.717) is 0 Å². The molecule has 0 fully saturated rings. The molecule has 1 rings (SSSR count). The minimum atomic E-state index is -1.49. The normalized spacial score (nSPS) is 13.0. The number of oxime groups is 1. The number of nitrogen functional groups attached to an aromatic ring is 1. The zero-order valence-electron chi connectivity index (χ0n) is 9.39. The fourth-order valence-corrected chi connectivity index (χ4v) is 1.40. The van der Waals surface area contributed by atoms with Gasteiger partial charge in [-0.25, -0.2) is 9.59 Å². The molecule has 1 unspecified atom stereocenters. The smallest absolute Gasteiger partial charge is 0.362 e. The van der Waals surface area contributed by atoms with Crippen LogP contribution in [0.3, 0.4) is 0 Å². The first-order valence-corrected chi connectivity index (χ1v) is 5.63. The van der Waals surface area contributed by atoms with Crippen LogP contribution in [0.2, 0.25) is 0 Å². The number of rotatable bonds is 7. The molecule has 1 aromatic rings. The van der Waals surface area contributed by atoms with Crippen molar-refractivity contribution in [3.63, 3.8) is 0 Å². The molecule has 11 heteroatoms. The molecular formula is C8H10N4O6S. The first-order chi connectivity index (χ1) is 8.95. The molecule has 104 valence electrons. The van der Waals surface area contributed by atoms with Crippen molar-refractivity contribution in [1.29, 1.82) is 0 Å². The van der Waals surface area contributed by atoms with E-state index >= 15 is 0 Å². The number of aliphatic carboxylic acids is 2. The zero-order chi connectivity index (χ0) is 14.4. The van der Waals surface area contributed by atoms with Gasteiger partial charge in [-0.2, -0.15) is 9.36 Å². The quantitative estimate of drug-likeness (QED) is 0.354. The average molecular weight is 290 g/mol. The van der Waals surface area contributed by atoms with E-state index in [0.717, 1.165) is 11.5 Å². The monoisotopic (exact) mass is 290 g/mol. The molecular weight excluding hydrogens is 280 g/mol. The molecule has 1 aromatic heterocycles. The maximum atomic E-state index is 10.9. The Morgan fingerprint density at radius 3 is 2.58 bits per heavy atom. The van der Waals surface area contributed by atoms with Gasteiger partial charge in [0.15, 0.2) is 5.13 Å². The van der Waals surface area contributed by atoms with Gasteiger partial charge >= 0.3 is 11.9 Å². The Hall–Kier alpha value is -2.27. The first kappa shape index (κ1) is 14.8. The number of aliphatic hydroxyl groups is 1. The molecule has 1 heterocycles. The minimum Gasteiger partial charge on any atom is -0.478 e. The van der Waals surface area contributed by atoms with E-state index in [2.05, 4.69) is 19.4 Å². The van der Waals surface area contributed by atoms with Crippen LogP contribution in [0.25, 0.3) is 0 Å². The Balaban J connectivity index is 2.90. The maximum absolute atomic E-state index is 10.9. The number of anilines is 1. The molecule has 19 heavy (non-hydrogen) atoms. The number of aliphatic hydroxyl groups excluding tert-OH is 1. The molecule has 0 spiro atoms. The van der Waals surface area contributed by atoms with Crippen LogP contribution in [0.4, 0.5) is 5.13 Å². The van der Waals surface area contributed by atoms with Crippen LogP contribution in [0, 0.1) is 0 Å². The SMILES string of the molecule is Nc1nc(C(=NOC(CCO)C(=O)O)C(=O)O)ns1. The maximum Gasteiger partial charge on any atom is 0.362 e. The van der Waals surface area contributed by atoms with Crippen molar-refractivity contribution in [1.82, 2.24) is 9.36 Å². The van der Waals surface area contributed by atoms with Crippen molar-refractivity contribution in [3.05, 3.63) is 5.82 Å². The van der Waals surface area contributed by atoms with Crippen LogP contribution in [-0.2, 0) is 14.4 Å². The summed E-state index contributed by atoms with van der Waals surface area (Å²) in [6.07, 6.45) is -1.70. The molecule has 0 aliphatic heterocycles. The van der Waals surface area contributed by atoms with Crippen LogP contribution < -0.4 is 5.73 Å². The lowest BCUT2D eigenvalue weighted by molar-refractivity contribution is -0.151. The lowest BCUT2D eigenvalue weighted by Gasteiger charge is -2.08. The fraction of sp³-hybridized carbons (Fsp3) is 0.375. The largest absolute Gasteiger partial charge is 0.478 e. The Bertz CT molecular complexity index is 501. The summed E-state index contributed by atoms with van der Waals surface area (Å²) < 4.78 is 3.62. The van der Waals surface area contributed by atoms with Crippen molar-refractivity contribution >= 4 is 34.3 Å². The summed E-state index contributed by atoms with van der Waals surface area (Å²) in [5, 5.41) is 29.5. The highest BCUT2D eigenvalue weighted by Gasteiger charge is 2.23. The van der Waals surface area contributed by atoms with Crippen LogP contribution >= 0.6 is 11.5 Å². The molecule has 0 bridgehead atoms. The number of aromatic nitrogens is 2. The molecule has 0 aromatic carbocycles. The number of hydrogen-bond acceptors (Lipinski definition) is 9. The molecule has 10 nitrogen and oxygen atoms in total.